The highest BCUT2D eigenvalue weighted by Crippen LogP contribution is 2.24. The lowest BCUT2D eigenvalue weighted by Crippen LogP contribution is -1.99. The van der Waals surface area contributed by atoms with Crippen LogP contribution in [-0.4, -0.2) is 16.6 Å². The van der Waals surface area contributed by atoms with Gasteiger partial charge in [0.2, 0.25) is 5.78 Å². The van der Waals surface area contributed by atoms with E-state index < -0.39 is 12.2 Å². The van der Waals surface area contributed by atoms with Crippen LogP contribution in [0.4, 0.5) is 8.78 Å². The van der Waals surface area contributed by atoms with E-state index in [1.807, 2.05) is 0 Å². The molecule has 0 N–H and O–H groups in total. The lowest BCUT2D eigenvalue weighted by Gasteiger charge is -1.96. The molecule has 2 aromatic rings. The van der Waals surface area contributed by atoms with Gasteiger partial charge < -0.3 is 4.42 Å². The maximum atomic E-state index is 12.4. The van der Waals surface area contributed by atoms with Crippen LogP contribution in [0.3, 0.4) is 0 Å². The van der Waals surface area contributed by atoms with E-state index in [0.717, 1.165) is 6.07 Å². The first-order valence-electron chi connectivity index (χ1n) is 4.39. The summed E-state index contributed by atoms with van der Waals surface area (Å²) in [5.74, 6) is -0.887. The summed E-state index contributed by atoms with van der Waals surface area (Å²) in [5.41, 5.74) is 0.345. The third-order valence-electron chi connectivity index (χ3n) is 2.02. The Bertz CT molecular complexity index is 539. The Morgan fingerprint density at radius 3 is 2.88 bits per heavy atom. The van der Waals surface area contributed by atoms with Crippen LogP contribution in [0.15, 0.2) is 22.6 Å². The minimum Gasteiger partial charge on any atom is -0.434 e. The van der Waals surface area contributed by atoms with E-state index in [4.69, 9.17) is 16.0 Å². The standard InChI is InChI=1S/C10H6ClF2NO2/c11-4-7(15)10-14-6-2-1-5(9(12)13)3-8(6)16-10/h1-3,9H,4H2. The third kappa shape index (κ3) is 1.90. The molecule has 0 unspecified atom stereocenters. The minimum atomic E-state index is -2.58. The Morgan fingerprint density at radius 1 is 1.50 bits per heavy atom. The SMILES string of the molecule is O=C(CCl)c1nc2ccc(C(F)F)cc2o1. The molecule has 0 fully saturated rings. The van der Waals surface area contributed by atoms with E-state index in [-0.39, 0.29) is 22.9 Å². The Labute approximate surface area is 94.0 Å². The molecule has 16 heavy (non-hydrogen) atoms. The first-order valence-corrected chi connectivity index (χ1v) is 4.93. The van der Waals surface area contributed by atoms with Crippen molar-refractivity contribution in [3.63, 3.8) is 0 Å². The number of aromatic nitrogens is 1. The number of carbonyl (C=O) groups is 1. The van der Waals surface area contributed by atoms with Crippen LogP contribution in [0.5, 0.6) is 0 Å². The number of nitrogens with zero attached hydrogens (tertiary/aromatic N) is 1. The molecule has 0 saturated heterocycles. The van der Waals surface area contributed by atoms with Crippen LogP contribution >= 0.6 is 11.6 Å². The van der Waals surface area contributed by atoms with Crippen LogP contribution in [0.1, 0.15) is 22.7 Å². The Morgan fingerprint density at radius 2 is 2.25 bits per heavy atom. The first-order chi connectivity index (χ1) is 7.61. The largest absolute Gasteiger partial charge is 0.434 e. The third-order valence-corrected chi connectivity index (χ3v) is 2.27. The molecular formula is C10H6ClF2NO2. The molecule has 1 aromatic carbocycles. The van der Waals surface area contributed by atoms with Gasteiger partial charge in [0, 0.05) is 5.56 Å². The van der Waals surface area contributed by atoms with E-state index in [0.29, 0.717) is 5.52 Å². The zero-order valence-corrected chi connectivity index (χ0v) is 8.67. The second-order valence-corrected chi connectivity index (χ2v) is 3.37. The molecule has 0 aliphatic rings. The highest BCUT2D eigenvalue weighted by molar-refractivity contribution is 6.29. The maximum absolute atomic E-state index is 12.4. The molecule has 1 aromatic heterocycles. The summed E-state index contributed by atoms with van der Waals surface area (Å²) >= 11 is 5.33. The van der Waals surface area contributed by atoms with E-state index in [2.05, 4.69) is 4.98 Å². The Kier molecular flexibility index (Phi) is 2.87. The number of oxazole rings is 1. The molecule has 0 bridgehead atoms. The van der Waals surface area contributed by atoms with Gasteiger partial charge in [0.15, 0.2) is 5.58 Å². The number of hydrogen-bond acceptors (Lipinski definition) is 3. The van der Waals surface area contributed by atoms with E-state index >= 15 is 0 Å². The first kappa shape index (κ1) is 11.0. The van der Waals surface area contributed by atoms with Crippen molar-refractivity contribution < 1.29 is 18.0 Å². The molecule has 6 heteroatoms. The van der Waals surface area contributed by atoms with Crippen molar-refractivity contribution in [3.8, 4) is 0 Å². The van der Waals surface area contributed by atoms with Gasteiger partial charge in [-0.25, -0.2) is 13.8 Å². The van der Waals surface area contributed by atoms with Gasteiger partial charge in [0.1, 0.15) is 5.52 Å². The van der Waals surface area contributed by atoms with Crippen LogP contribution in [0.2, 0.25) is 0 Å². The van der Waals surface area contributed by atoms with Gasteiger partial charge in [0.25, 0.3) is 12.3 Å². The second kappa shape index (κ2) is 4.17. The summed E-state index contributed by atoms with van der Waals surface area (Å²) < 4.78 is 29.8. The maximum Gasteiger partial charge on any atom is 0.265 e. The number of Topliss-reactive ketones (excluding diaryl/α,β-unsaturated/α-hetero) is 1. The van der Waals surface area contributed by atoms with Crippen LogP contribution in [0.25, 0.3) is 11.1 Å². The van der Waals surface area contributed by atoms with Gasteiger partial charge in [-0.05, 0) is 12.1 Å². The number of benzene rings is 1. The molecule has 0 saturated carbocycles. The molecule has 84 valence electrons. The van der Waals surface area contributed by atoms with Crippen molar-refractivity contribution in [1.82, 2.24) is 4.98 Å². The predicted octanol–water partition coefficient (Wildman–Crippen LogP) is 3.19. The average molecular weight is 246 g/mol. The molecule has 0 atom stereocenters. The number of halogens is 3. The van der Waals surface area contributed by atoms with Gasteiger partial charge in [0.05, 0.1) is 5.88 Å². The van der Waals surface area contributed by atoms with Gasteiger partial charge in [-0.15, -0.1) is 11.6 Å². The van der Waals surface area contributed by atoms with Crippen molar-refractivity contribution in [2.24, 2.45) is 0 Å². The van der Waals surface area contributed by atoms with Crippen molar-refractivity contribution in [3.05, 3.63) is 29.7 Å². The zero-order chi connectivity index (χ0) is 11.7. The van der Waals surface area contributed by atoms with Crippen molar-refractivity contribution in [2.75, 3.05) is 5.88 Å². The summed E-state index contributed by atoms with van der Waals surface area (Å²) in [6.45, 7) is 0. The molecule has 0 spiro atoms. The molecule has 0 amide bonds. The number of hydrogen-bond donors (Lipinski definition) is 0. The minimum absolute atomic E-state index is 0.156. The van der Waals surface area contributed by atoms with Crippen molar-refractivity contribution in [1.29, 1.82) is 0 Å². The van der Waals surface area contributed by atoms with E-state index in [9.17, 15) is 13.6 Å². The highest BCUT2D eigenvalue weighted by atomic mass is 35.5. The zero-order valence-electron chi connectivity index (χ0n) is 7.91. The number of ketones is 1. The summed E-state index contributed by atoms with van der Waals surface area (Å²) in [6.07, 6.45) is -2.58. The Balaban J connectivity index is 2.50. The molecule has 1 heterocycles. The van der Waals surface area contributed by atoms with Crippen LogP contribution < -0.4 is 0 Å². The molecule has 2 rings (SSSR count). The Hall–Kier alpha value is -1.49. The fourth-order valence-corrected chi connectivity index (χ4v) is 1.37. The second-order valence-electron chi connectivity index (χ2n) is 3.10. The molecule has 0 aliphatic carbocycles. The summed E-state index contributed by atoms with van der Waals surface area (Å²) in [4.78, 5) is 15.0. The van der Waals surface area contributed by atoms with Gasteiger partial charge >= 0.3 is 0 Å². The van der Waals surface area contributed by atoms with Gasteiger partial charge in [-0.3, -0.25) is 4.79 Å². The predicted molar refractivity (Wildman–Crippen MR) is 54.0 cm³/mol. The van der Waals surface area contributed by atoms with Crippen molar-refractivity contribution >= 4 is 28.5 Å². The quantitative estimate of drug-likeness (QED) is 0.616. The molecule has 0 radical (unpaired) electrons. The molecule has 0 aliphatic heterocycles. The number of alkyl halides is 3. The monoisotopic (exact) mass is 245 g/mol. The number of fused-ring (bicyclic) bond motifs is 1. The summed E-state index contributed by atoms with van der Waals surface area (Å²) in [6, 6.07) is 3.79. The van der Waals surface area contributed by atoms with Gasteiger partial charge in [-0.1, -0.05) is 6.07 Å². The molecule has 3 nitrogen and oxygen atoms in total. The smallest absolute Gasteiger partial charge is 0.265 e. The fourth-order valence-electron chi connectivity index (χ4n) is 1.25. The number of carbonyl (C=O) groups excluding carboxylic acids is 1. The topological polar surface area (TPSA) is 43.1 Å². The lowest BCUT2D eigenvalue weighted by atomic mass is 10.2. The molecular weight excluding hydrogens is 240 g/mol. The van der Waals surface area contributed by atoms with Crippen LogP contribution in [-0.2, 0) is 0 Å². The van der Waals surface area contributed by atoms with Gasteiger partial charge in [-0.2, -0.15) is 0 Å². The summed E-state index contributed by atoms with van der Waals surface area (Å²) in [7, 11) is 0. The van der Waals surface area contributed by atoms with Crippen molar-refractivity contribution in [2.45, 2.75) is 6.43 Å². The summed E-state index contributed by atoms with van der Waals surface area (Å²) in [5, 5.41) is 0. The lowest BCUT2D eigenvalue weighted by molar-refractivity contribution is 0.0986. The van der Waals surface area contributed by atoms with E-state index in [1.165, 1.54) is 12.1 Å². The highest BCUT2D eigenvalue weighted by Gasteiger charge is 2.15. The normalized spacial score (nSPS) is 11.2. The fraction of sp³-hybridized carbons (Fsp3) is 0.200. The average Bonchev–Trinajstić information content (AvgIpc) is 2.70. The van der Waals surface area contributed by atoms with E-state index in [1.54, 1.807) is 0 Å². The van der Waals surface area contributed by atoms with Crippen LogP contribution in [0, 0.1) is 0 Å². The number of rotatable bonds is 3.